The van der Waals surface area contributed by atoms with E-state index in [2.05, 4.69) is 53.7 Å². The molecule has 0 amide bonds. The summed E-state index contributed by atoms with van der Waals surface area (Å²) in [6.45, 7) is 15.1. The zero-order valence-corrected chi connectivity index (χ0v) is 33.8. The summed E-state index contributed by atoms with van der Waals surface area (Å²) in [5, 5.41) is 21.4. The molecule has 0 aliphatic carbocycles. The number of aromatic nitrogens is 6. The third kappa shape index (κ3) is 7.65. The van der Waals surface area contributed by atoms with Crippen LogP contribution < -0.4 is 21.8 Å². The summed E-state index contributed by atoms with van der Waals surface area (Å²) in [5.74, 6) is 2.15. The van der Waals surface area contributed by atoms with Gasteiger partial charge in [-0.3, -0.25) is 9.59 Å². The average molecular weight is 778 g/mol. The summed E-state index contributed by atoms with van der Waals surface area (Å²) in [6.07, 6.45) is 3.23. The van der Waals surface area contributed by atoms with Crippen LogP contribution in [0.15, 0.2) is 58.1 Å². The molecule has 13 heteroatoms. The van der Waals surface area contributed by atoms with Crippen LogP contribution in [0.4, 0.5) is 11.6 Å². The summed E-state index contributed by atoms with van der Waals surface area (Å²) in [7, 11) is 4.12. The minimum absolute atomic E-state index is 0. The molecule has 8 aromatic rings. The number of thiophene rings is 2. The Hall–Kier alpha value is -4.98. The Labute approximate surface area is 329 Å². The van der Waals surface area contributed by atoms with E-state index in [0.29, 0.717) is 28.0 Å². The second-order valence-electron chi connectivity index (χ2n) is 14.6. The van der Waals surface area contributed by atoms with Crippen molar-refractivity contribution >= 4 is 87.6 Å². The zero-order chi connectivity index (χ0) is 38.3. The summed E-state index contributed by atoms with van der Waals surface area (Å²) in [6, 6.07) is 16.0. The van der Waals surface area contributed by atoms with Crippen LogP contribution in [0.1, 0.15) is 61.4 Å². The summed E-state index contributed by atoms with van der Waals surface area (Å²) in [4.78, 5) is 41.9. The minimum atomic E-state index is -0.0982. The van der Waals surface area contributed by atoms with Gasteiger partial charge in [0.05, 0.1) is 10.8 Å². The van der Waals surface area contributed by atoms with Crippen molar-refractivity contribution in [3.05, 3.63) is 90.1 Å². The number of nitrogens with zero attached hydrogens (tertiary/aromatic N) is 7. The lowest BCUT2D eigenvalue weighted by molar-refractivity contribution is 0.405. The van der Waals surface area contributed by atoms with Crippen LogP contribution in [0.3, 0.4) is 0 Å². The molecule has 0 aliphatic rings. The van der Waals surface area contributed by atoms with Gasteiger partial charge in [-0.1, -0.05) is 69.8 Å². The van der Waals surface area contributed by atoms with Crippen molar-refractivity contribution in [2.75, 3.05) is 44.4 Å². The number of anilines is 2. The molecule has 11 nitrogen and oxygen atoms in total. The Balaban J connectivity index is 0.000000184. The Morgan fingerprint density at radius 2 is 1.09 bits per heavy atom. The van der Waals surface area contributed by atoms with E-state index in [-0.39, 0.29) is 18.5 Å². The van der Waals surface area contributed by atoms with Crippen molar-refractivity contribution in [2.24, 2.45) is 5.92 Å². The fourth-order valence-electron chi connectivity index (χ4n) is 6.76. The molecule has 0 saturated carbocycles. The van der Waals surface area contributed by atoms with E-state index < -0.39 is 0 Å². The predicted molar refractivity (Wildman–Crippen MR) is 234 cm³/mol. The van der Waals surface area contributed by atoms with E-state index in [1.807, 2.05) is 76.2 Å². The van der Waals surface area contributed by atoms with Gasteiger partial charge in [-0.05, 0) is 84.6 Å². The van der Waals surface area contributed by atoms with Crippen LogP contribution in [0.2, 0.25) is 0 Å². The molecule has 0 unspecified atom stereocenters. The maximum absolute atomic E-state index is 13.2. The first kappa shape index (κ1) is 39.7. The summed E-state index contributed by atoms with van der Waals surface area (Å²) in [5.41, 5.74) is 3.05. The van der Waals surface area contributed by atoms with Crippen LogP contribution in [0.5, 0.6) is 0 Å². The number of benzene rings is 2. The molecule has 0 aliphatic heterocycles. The van der Waals surface area contributed by atoms with Gasteiger partial charge >= 0.3 is 0 Å². The van der Waals surface area contributed by atoms with Gasteiger partial charge in [0.15, 0.2) is 22.9 Å². The van der Waals surface area contributed by atoms with E-state index in [1.165, 1.54) is 9.03 Å². The van der Waals surface area contributed by atoms with Crippen LogP contribution >= 0.6 is 22.7 Å². The molecular weight excluding hydrogens is 727 g/mol. The first-order chi connectivity index (χ1) is 25.9. The van der Waals surface area contributed by atoms with E-state index in [4.69, 9.17) is 9.97 Å². The fourth-order valence-corrected chi connectivity index (χ4v) is 8.80. The summed E-state index contributed by atoms with van der Waals surface area (Å²) < 4.78 is 2.92. The van der Waals surface area contributed by atoms with Crippen molar-refractivity contribution in [3.63, 3.8) is 0 Å². The third-order valence-corrected chi connectivity index (χ3v) is 12.1. The van der Waals surface area contributed by atoms with Crippen molar-refractivity contribution in [1.29, 1.82) is 0 Å². The number of rotatable bonds is 10. The topological polar surface area (TPSA) is 122 Å². The molecule has 2 N–H and O–H groups in total. The molecule has 6 heterocycles. The van der Waals surface area contributed by atoms with Gasteiger partial charge < -0.3 is 15.5 Å². The monoisotopic (exact) mass is 777 g/mol. The van der Waals surface area contributed by atoms with Crippen LogP contribution in [-0.4, -0.2) is 67.8 Å². The highest BCUT2D eigenvalue weighted by Crippen LogP contribution is 2.31. The Morgan fingerprint density at radius 1 is 0.673 bits per heavy atom. The van der Waals surface area contributed by atoms with Crippen molar-refractivity contribution in [2.45, 2.75) is 68.2 Å². The lowest BCUT2D eigenvalue weighted by atomic mass is 10.1. The SMILES string of the molecule is C.Cc1sc2nc3c4ccccc4c(NCCCC(C)C)nn3c(=O)c2c1C.Cc1sc2nc3c4ccccc4c(NCCCN(C)C)nn3c(=O)c2c1C. The smallest absolute Gasteiger partial charge is 0.283 e. The standard InChI is InChI=1S/C21H24N4OS.C20H23N5OS.CH4/c1-12(2)8-7-11-22-18-15-9-5-6-10-16(15)19-23-20-17(13(3)14(4)27-20)21(26)25(19)24-18;1-12-13(2)27-19-16(12)20(26)25-18(22-19)15-9-6-5-8-14(15)17(23-25)21-10-7-11-24(3)4;/h5-6,9-10,12H,7-8,11H2,1-4H3,(H,22,24);5-6,8-9H,7,10-11H2,1-4H3,(H,21,23);1H4. The van der Waals surface area contributed by atoms with Gasteiger partial charge in [0.2, 0.25) is 0 Å². The van der Waals surface area contributed by atoms with Gasteiger partial charge in [-0.15, -0.1) is 32.9 Å². The molecule has 55 heavy (non-hydrogen) atoms. The molecule has 288 valence electrons. The van der Waals surface area contributed by atoms with Gasteiger partial charge in [0, 0.05) is 44.4 Å². The Bertz CT molecular complexity index is 2610. The zero-order valence-electron chi connectivity index (χ0n) is 32.2. The number of hydrogen-bond acceptors (Lipinski definition) is 11. The molecule has 0 spiro atoms. The van der Waals surface area contributed by atoms with E-state index in [1.54, 1.807) is 22.7 Å². The second-order valence-corrected chi connectivity index (χ2v) is 17.0. The maximum Gasteiger partial charge on any atom is 0.283 e. The number of aryl methyl sites for hydroxylation is 4. The van der Waals surface area contributed by atoms with Gasteiger partial charge in [0.1, 0.15) is 9.66 Å². The molecule has 0 fully saturated rings. The van der Waals surface area contributed by atoms with Gasteiger partial charge in [-0.25, -0.2) is 9.97 Å². The Morgan fingerprint density at radius 3 is 1.51 bits per heavy atom. The third-order valence-electron chi connectivity index (χ3n) is 9.93. The first-order valence-electron chi connectivity index (χ1n) is 18.5. The van der Waals surface area contributed by atoms with Crippen LogP contribution in [-0.2, 0) is 0 Å². The lowest BCUT2D eigenvalue weighted by Crippen LogP contribution is -2.21. The predicted octanol–water partition coefficient (Wildman–Crippen LogP) is 9.00. The fraction of sp³-hybridized carbons (Fsp3) is 0.381. The molecule has 0 atom stereocenters. The summed E-state index contributed by atoms with van der Waals surface area (Å²) >= 11 is 3.14. The molecule has 0 radical (unpaired) electrons. The molecule has 8 rings (SSSR count). The molecule has 6 aromatic heterocycles. The minimum Gasteiger partial charge on any atom is -0.368 e. The molecule has 2 aromatic carbocycles. The van der Waals surface area contributed by atoms with Crippen molar-refractivity contribution in [1.82, 2.24) is 34.1 Å². The lowest BCUT2D eigenvalue weighted by Gasteiger charge is -2.13. The van der Waals surface area contributed by atoms with Crippen LogP contribution in [0.25, 0.3) is 53.3 Å². The largest absolute Gasteiger partial charge is 0.368 e. The van der Waals surface area contributed by atoms with E-state index in [9.17, 15) is 9.59 Å². The molecule has 0 saturated heterocycles. The van der Waals surface area contributed by atoms with E-state index in [0.717, 1.165) is 103 Å². The van der Waals surface area contributed by atoms with E-state index >= 15 is 0 Å². The number of hydrogen-bond donors (Lipinski definition) is 2. The highest BCUT2D eigenvalue weighted by molar-refractivity contribution is 7.19. The van der Waals surface area contributed by atoms with Crippen LogP contribution in [0, 0.1) is 33.6 Å². The Kier molecular flexibility index (Phi) is 11.8. The molecule has 0 bridgehead atoms. The van der Waals surface area contributed by atoms with Crippen molar-refractivity contribution < 1.29 is 0 Å². The number of nitrogens with one attached hydrogen (secondary N) is 2. The first-order valence-corrected chi connectivity index (χ1v) is 20.1. The maximum atomic E-state index is 13.2. The average Bonchev–Trinajstić information content (AvgIpc) is 3.61. The normalized spacial score (nSPS) is 11.7. The highest BCUT2D eigenvalue weighted by atomic mass is 32.1. The van der Waals surface area contributed by atoms with Gasteiger partial charge in [0.25, 0.3) is 11.1 Å². The molecular formula is C42H51N9O2S2. The number of fused-ring (bicyclic) bond motifs is 8. The van der Waals surface area contributed by atoms with Gasteiger partial charge in [-0.2, -0.15) is 9.03 Å². The van der Waals surface area contributed by atoms with Crippen molar-refractivity contribution in [3.8, 4) is 0 Å². The highest BCUT2D eigenvalue weighted by Gasteiger charge is 2.19. The quantitative estimate of drug-likeness (QED) is 0.104. The second kappa shape index (κ2) is 16.4.